The lowest BCUT2D eigenvalue weighted by Gasteiger charge is -2.14. The highest BCUT2D eigenvalue weighted by molar-refractivity contribution is 6.35. The molecule has 1 aromatic heterocycles. The summed E-state index contributed by atoms with van der Waals surface area (Å²) in [5, 5.41) is 1.48. The van der Waals surface area contributed by atoms with E-state index in [1.54, 1.807) is 13.2 Å². The molecule has 0 fully saturated rings. The first-order valence-corrected chi connectivity index (χ1v) is 6.10. The number of hydrazine groups is 1. The first kappa shape index (κ1) is 12.9. The van der Waals surface area contributed by atoms with E-state index in [9.17, 15) is 0 Å². The molecule has 1 aromatic carbocycles. The van der Waals surface area contributed by atoms with Crippen molar-refractivity contribution in [3.8, 4) is 5.75 Å². The molecule has 0 spiro atoms. The van der Waals surface area contributed by atoms with E-state index < -0.39 is 0 Å². The van der Waals surface area contributed by atoms with E-state index >= 15 is 0 Å². The average Bonchev–Trinajstić information content (AvgIpc) is 2.38. The highest BCUT2D eigenvalue weighted by Gasteiger charge is 2.14. The van der Waals surface area contributed by atoms with Gasteiger partial charge in [-0.25, -0.2) is 10.8 Å². The third-order valence-corrected chi connectivity index (χ3v) is 3.21. The number of benzene rings is 1. The summed E-state index contributed by atoms with van der Waals surface area (Å²) in [6.45, 7) is 4.17. The average molecular weight is 266 g/mol. The van der Waals surface area contributed by atoms with E-state index in [1.165, 1.54) is 0 Å². The van der Waals surface area contributed by atoms with E-state index in [4.69, 9.17) is 22.2 Å². The summed E-state index contributed by atoms with van der Waals surface area (Å²) in [4.78, 5) is 4.47. The molecule has 0 atom stereocenters. The molecule has 96 valence electrons. The normalized spacial score (nSPS) is 11.0. The van der Waals surface area contributed by atoms with Crippen molar-refractivity contribution in [2.45, 2.75) is 19.8 Å². The van der Waals surface area contributed by atoms with E-state index in [-0.39, 0.29) is 0 Å². The Balaban J connectivity index is 2.82. The molecule has 0 aliphatic rings. The number of nitrogens with two attached hydrogens (primary N) is 1. The van der Waals surface area contributed by atoms with Crippen molar-refractivity contribution in [2.24, 2.45) is 5.84 Å². The van der Waals surface area contributed by atoms with Gasteiger partial charge in [-0.2, -0.15) is 0 Å². The molecule has 0 aliphatic heterocycles. The number of nitrogen functional groups attached to an aromatic ring is 1. The lowest BCUT2D eigenvalue weighted by molar-refractivity contribution is 0.419. The van der Waals surface area contributed by atoms with Crippen LogP contribution in [0.4, 0.5) is 5.82 Å². The number of ether oxygens (including phenoxy) is 1. The second-order valence-corrected chi connectivity index (χ2v) is 4.78. The van der Waals surface area contributed by atoms with E-state index in [2.05, 4.69) is 24.3 Å². The maximum absolute atomic E-state index is 6.16. The lowest BCUT2D eigenvalue weighted by atomic mass is 10.0. The molecule has 0 bridgehead atoms. The minimum atomic E-state index is 0.302. The van der Waals surface area contributed by atoms with Crippen LogP contribution in [-0.4, -0.2) is 12.1 Å². The number of hydrogen-bond acceptors (Lipinski definition) is 4. The SMILES string of the molecule is COc1ccc(Cl)c2nc(NN)c(C(C)C)cc12. The summed E-state index contributed by atoms with van der Waals surface area (Å²) < 4.78 is 5.34. The third kappa shape index (κ3) is 2.09. The Morgan fingerprint density at radius 1 is 1.39 bits per heavy atom. The van der Waals surface area contributed by atoms with Crippen molar-refractivity contribution >= 4 is 28.3 Å². The molecule has 0 saturated heterocycles. The summed E-state index contributed by atoms with van der Waals surface area (Å²) in [6, 6.07) is 5.63. The van der Waals surface area contributed by atoms with Crippen molar-refractivity contribution in [1.82, 2.24) is 4.98 Å². The smallest absolute Gasteiger partial charge is 0.144 e. The fourth-order valence-corrected chi connectivity index (χ4v) is 2.16. The van der Waals surface area contributed by atoms with Crippen LogP contribution < -0.4 is 16.0 Å². The summed E-state index contributed by atoms with van der Waals surface area (Å²) in [6.07, 6.45) is 0. The molecule has 0 unspecified atom stereocenters. The fourth-order valence-electron chi connectivity index (χ4n) is 1.95. The number of aromatic nitrogens is 1. The van der Waals surface area contributed by atoms with Gasteiger partial charge in [0, 0.05) is 5.39 Å². The first-order valence-electron chi connectivity index (χ1n) is 5.72. The maximum atomic E-state index is 6.16. The van der Waals surface area contributed by atoms with Crippen molar-refractivity contribution < 1.29 is 4.74 Å². The van der Waals surface area contributed by atoms with E-state index in [1.807, 2.05) is 12.1 Å². The Bertz CT molecular complexity index is 584. The van der Waals surface area contributed by atoms with Crippen LogP contribution in [0.1, 0.15) is 25.3 Å². The van der Waals surface area contributed by atoms with E-state index in [0.29, 0.717) is 22.3 Å². The molecule has 2 aromatic rings. The van der Waals surface area contributed by atoms with Gasteiger partial charge in [-0.1, -0.05) is 25.4 Å². The molecule has 18 heavy (non-hydrogen) atoms. The highest BCUT2D eigenvalue weighted by Crippen LogP contribution is 2.34. The summed E-state index contributed by atoms with van der Waals surface area (Å²) in [7, 11) is 1.63. The molecule has 3 N–H and O–H groups in total. The van der Waals surface area contributed by atoms with Crippen molar-refractivity contribution in [1.29, 1.82) is 0 Å². The van der Waals surface area contributed by atoms with Crippen molar-refractivity contribution in [3.05, 3.63) is 28.8 Å². The van der Waals surface area contributed by atoms with Crippen LogP contribution in [0, 0.1) is 0 Å². The van der Waals surface area contributed by atoms with Crippen LogP contribution in [0.2, 0.25) is 5.02 Å². The minimum absolute atomic E-state index is 0.302. The van der Waals surface area contributed by atoms with Gasteiger partial charge >= 0.3 is 0 Å². The second-order valence-electron chi connectivity index (χ2n) is 4.37. The van der Waals surface area contributed by atoms with Gasteiger partial charge in [0.05, 0.1) is 17.6 Å². The van der Waals surface area contributed by atoms with Crippen LogP contribution in [0.25, 0.3) is 10.9 Å². The summed E-state index contributed by atoms with van der Waals surface area (Å²) >= 11 is 6.16. The Kier molecular flexibility index (Phi) is 3.59. The number of hydrogen-bond donors (Lipinski definition) is 2. The third-order valence-electron chi connectivity index (χ3n) is 2.90. The maximum Gasteiger partial charge on any atom is 0.144 e. The predicted octanol–water partition coefficient (Wildman–Crippen LogP) is 3.31. The van der Waals surface area contributed by atoms with Gasteiger partial charge < -0.3 is 10.2 Å². The summed E-state index contributed by atoms with van der Waals surface area (Å²) in [5.41, 5.74) is 4.34. The number of pyridine rings is 1. The molecule has 0 aliphatic carbocycles. The van der Waals surface area contributed by atoms with Gasteiger partial charge in [0.1, 0.15) is 11.6 Å². The Labute approximate surface area is 111 Å². The molecule has 0 amide bonds. The highest BCUT2D eigenvalue weighted by atomic mass is 35.5. The largest absolute Gasteiger partial charge is 0.496 e. The fraction of sp³-hybridized carbons (Fsp3) is 0.308. The van der Waals surface area contributed by atoms with Gasteiger partial charge in [-0.05, 0) is 29.7 Å². The molecule has 4 nitrogen and oxygen atoms in total. The molecule has 0 saturated carbocycles. The Morgan fingerprint density at radius 3 is 2.67 bits per heavy atom. The van der Waals surface area contributed by atoms with Gasteiger partial charge in [0.2, 0.25) is 0 Å². The molecular weight excluding hydrogens is 250 g/mol. The quantitative estimate of drug-likeness (QED) is 0.660. The van der Waals surface area contributed by atoms with Crippen LogP contribution in [0.5, 0.6) is 5.75 Å². The standard InChI is InChI=1S/C13H16ClN3O/c1-7(2)8-6-9-11(18-3)5-4-10(14)12(9)16-13(8)17-15/h4-7H,15H2,1-3H3,(H,16,17). The van der Waals surface area contributed by atoms with Crippen molar-refractivity contribution in [2.75, 3.05) is 12.5 Å². The van der Waals surface area contributed by atoms with Crippen LogP contribution in [-0.2, 0) is 0 Å². The van der Waals surface area contributed by atoms with Gasteiger partial charge in [-0.15, -0.1) is 0 Å². The molecular formula is C13H16ClN3O. The molecule has 1 heterocycles. The second kappa shape index (κ2) is 5.00. The number of rotatable bonds is 3. The number of nitrogens with one attached hydrogen (secondary N) is 1. The summed E-state index contributed by atoms with van der Waals surface area (Å²) in [5.74, 6) is 7.22. The number of nitrogens with zero attached hydrogens (tertiary/aromatic N) is 1. The number of fused-ring (bicyclic) bond motifs is 1. The number of methoxy groups -OCH3 is 1. The number of anilines is 1. The lowest BCUT2D eigenvalue weighted by Crippen LogP contribution is -2.12. The monoisotopic (exact) mass is 265 g/mol. The van der Waals surface area contributed by atoms with Crippen LogP contribution in [0.15, 0.2) is 18.2 Å². The van der Waals surface area contributed by atoms with Gasteiger partial charge in [-0.3, -0.25) is 0 Å². The Morgan fingerprint density at radius 2 is 2.11 bits per heavy atom. The van der Waals surface area contributed by atoms with Gasteiger partial charge in [0.25, 0.3) is 0 Å². The molecule has 5 heteroatoms. The van der Waals surface area contributed by atoms with Crippen molar-refractivity contribution in [3.63, 3.8) is 0 Å². The zero-order chi connectivity index (χ0) is 13.3. The zero-order valence-corrected chi connectivity index (χ0v) is 11.4. The minimum Gasteiger partial charge on any atom is -0.496 e. The molecule has 2 rings (SSSR count). The molecule has 0 radical (unpaired) electrons. The zero-order valence-electron chi connectivity index (χ0n) is 10.6. The number of halogens is 1. The topological polar surface area (TPSA) is 60.2 Å². The van der Waals surface area contributed by atoms with Gasteiger partial charge in [0.15, 0.2) is 0 Å². The van der Waals surface area contributed by atoms with Crippen LogP contribution in [0.3, 0.4) is 0 Å². The predicted molar refractivity (Wildman–Crippen MR) is 75.2 cm³/mol. The van der Waals surface area contributed by atoms with E-state index in [0.717, 1.165) is 16.7 Å². The first-order chi connectivity index (χ1) is 8.58. The Hall–Kier alpha value is -1.52. The van der Waals surface area contributed by atoms with Crippen LogP contribution >= 0.6 is 11.6 Å².